The summed E-state index contributed by atoms with van der Waals surface area (Å²) in [5.74, 6) is 6.10. The number of sulfone groups is 1. The van der Waals surface area contributed by atoms with E-state index < -0.39 is 9.84 Å². The molecule has 120 valence electrons. The lowest BCUT2D eigenvalue weighted by molar-refractivity contribution is 0.258. The molecule has 0 radical (unpaired) electrons. The second-order valence-electron chi connectivity index (χ2n) is 6.12. The van der Waals surface area contributed by atoms with Crippen LogP contribution >= 0.6 is 11.3 Å². The average molecular weight is 331 g/mol. The third-order valence-corrected chi connectivity index (χ3v) is 7.15. The van der Waals surface area contributed by atoms with E-state index in [1.807, 2.05) is 0 Å². The van der Waals surface area contributed by atoms with Crippen LogP contribution in [-0.2, 0) is 16.3 Å². The zero-order valence-electron chi connectivity index (χ0n) is 12.6. The van der Waals surface area contributed by atoms with Gasteiger partial charge in [-0.15, -0.1) is 11.3 Å². The fourth-order valence-corrected chi connectivity index (χ4v) is 5.28. The van der Waals surface area contributed by atoms with Gasteiger partial charge in [0, 0.05) is 17.2 Å². The van der Waals surface area contributed by atoms with Crippen molar-refractivity contribution >= 4 is 21.2 Å². The number of hydrazine groups is 1. The fourth-order valence-electron chi connectivity index (χ4n) is 3.34. The van der Waals surface area contributed by atoms with Gasteiger partial charge in [-0.05, 0) is 55.9 Å². The van der Waals surface area contributed by atoms with Gasteiger partial charge in [0.25, 0.3) is 0 Å². The Morgan fingerprint density at radius 1 is 1.48 bits per heavy atom. The van der Waals surface area contributed by atoms with E-state index in [0.717, 1.165) is 44.9 Å². The van der Waals surface area contributed by atoms with Gasteiger partial charge >= 0.3 is 0 Å². The molecule has 2 rings (SSSR count). The highest BCUT2D eigenvalue weighted by Gasteiger charge is 2.32. The van der Waals surface area contributed by atoms with Gasteiger partial charge in [0.1, 0.15) is 9.84 Å². The molecule has 3 atom stereocenters. The van der Waals surface area contributed by atoms with Crippen molar-refractivity contribution in [3.05, 3.63) is 22.4 Å². The van der Waals surface area contributed by atoms with E-state index in [9.17, 15) is 8.42 Å². The van der Waals surface area contributed by atoms with E-state index in [0.29, 0.717) is 5.92 Å². The summed E-state index contributed by atoms with van der Waals surface area (Å²) in [5, 5.41) is 1.93. The van der Waals surface area contributed by atoms with Gasteiger partial charge in [-0.1, -0.05) is 12.5 Å². The van der Waals surface area contributed by atoms with Gasteiger partial charge < -0.3 is 0 Å². The molecule has 1 aromatic rings. The molecule has 0 aliphatic heterocycles. The van der Waals surface area contributed by atoms with E-state index in [4.69, 9.17) is 5.84 Å². The normalized spacial score (nSPS) is 24.9. The maximum absolute atomic E-state index is 11.8. The number of thiophene rings is 1. The molecule has 0 spiro atoms. The summed E-state index contributed by atoms with van der Waals surface area (Å²) in [6.45, 7) is 0. The van der Waals surface area contributed by atoms with Crippen LogP contribution in [0.5, 0.6) is 0 Å². The fraction of sp³-hybridized carbons (Fsp3) is 0.733. The Kier molecular flexibility index (Phi) is 6.22. The molecule has 1 aliphatic rings. The number of nitrogens with one attached hydrogen (secondary N) is 1. The Morgan fingerprint density at radius 2 is 2.29 bits per heavy atom. The molecular formula is C15H26N2O2S2. The highest BCUT2D eigenvalue weighted by Crippen LogP contribution is 2.32. The first-order chi connectivity index (χ1) is 10.0. The summed E-state index contributed by atoms with van der Waals surface area (Å²) < 4.78 is 23.5. The lowest BCUT2D eigenvalue weighted by Gasteiger charge is -2.33. The van der Waals surface area contributed by atoms with Crippen molar-refractivity contribution < 1.29 is 8.42 Å². The molecule has 3 N–H and O–H groups in total. The van der Waals surface area contributed by atoms with Crippen molar-refractivity contribution in [2.45, 2.75) is 56.2 Å². The van der Waals surface area contributed by atoms with Gasteiger partial charge in [-0.25, -0.2) is 8.42 Å². The first kappa shape index (κ1) is 16.9. The average Bonchev–Trinajstić information content (AvgIpc) is 2.96. The number of hydrogen-bond acceptors (Lipinski definition) is 5. The van der Waals surface area contributed by atoms with Crippen molar-refractivity contribution in [3.8, 4) is 0 Å². The van der Waals surface area contributed by atoms with Crippen LogP contribution in [0.2, 0.25) is 0 Å². The minimum atomic E-state index is -2.92. The predicted octanol–water partition coefficient (Wildman–Crippen LogP) is 2.51. The maximum atomic E-state index is 11.8. The number of hydrogen-bond donors (Lipinski definition) is 2. The molecule has 6 heteroatoms. The molecule has 1 heterocycles. The van der Waals surface area contributed by atoms with Crippen LogP contribution in [0.25, 0.3) is 0 Å². The van der Waals surface area contributed by atoms with E-state index in [1.54, 1.807) is 11.3 Å². The lowest BCUT2D eigenvalue weighted by atomic mass is 9.82. The van der Waals surface area contributed by atoms with Crippen LogP contribution in [0.15, 0.2) is 17.5 Å². The van der Waals surface area contributed by atoms with Gasteiger partial charge in [0.2, 0.25) is 0 Å². The molecule has 1 fully saturated rings. The van der Waals surface area contributed by atoms with Crippen LogP contribution in [-0.4, -0.2) is 26.0 Å². The Hall–Kier alpha value is -0.430. The molecule has 0 aromatic carbocycles. The molecule has 4 nitrogen and oxygen atoms in total. The van der Waals surface area contributed by atoms with Crippen LogP contribution in [0.3, 0.4) is 0 Å². The number of nitrogens with two attached hydrogens (primary N) is 1. The van der Waals surface area contributed by atoms with Crippen molar-refractivity contribution in [1.29, 1.82) is 0 Å². The van der Waals surface area contributed by atoms with Gasteiger partial charge in [0.05, 0.1) is 5.25 Å². The molecule has 1 saturated carbocycles. The molecule has 1 aromatic heterocycles. The predicted molar refractivity (Wildman–Crippen MR) is 89.0 cm³/mol. The lowest BCUT2D eigenvalue weighted by Crippen LogP contribution is -2.44. The maximum Gasteiger partial charge on any atom is 0.150 e. The van der Waals surface area contributed by atoms with Gasteiger partial charge in [-0.2, -0.15) is 0 Å². The van der Waals surface area contributed by atoms with Crippen molar-refractivity contribution in [2.24, 2.45) is 11.8 Å². The van der Waals surface area contributed by atoms with Crippen molar-refractivity contribution in [3.63, 3.8) is 0 Å². The zero-order valence-corrected chi connectivity index (χ0v) is 14.3. The summed E-state index contributed by atoms with van der Waals surface area (Å²) in [6, 6.07) is 4.47. The van der Waals surface area contributed by atoms with Crippen molar-refractivity contribution in [1.82, 2.24) is 5.43 Å². The summed E-state index contributed by atoms with van der Waals surface area (Å²) >= 11 is 1.79. The Labute approximate surface area is 132 Å². The zero-order chi connectivity index (χ0) is 15.3. The number of rotatable bonds is 7. The van der Waals surface area contributed by atoms with Crippen LogP contribution in [0.4, 0.5) is 0 Å². The van der Waals surface area contributed by atoms with E-state index in [1.165, 1.54) is 11.1 Å². The molecular weight excluding hydrogens is 304 g/mol. The highest BCUT2D eigenvalue weighted by atomic mass is 32.2. The minimum Gasteiger partial charge on any atom is -0.271 e. The quantitative estimate of drug-likeness (QED) is 0.595. The van der Waals surface area contributed by atoms with Crippen molar-refractivity contribution in [2.75, 3.05) is 6.26 Å². The molecule has 0 saturated heterocycles. The largest absolute Gasteiger partial charge is 0.271 e. The SMILES string of the molecule is CS(=O)(=O)C1CCCC(C(CCCc2cccs2)NN)C1. The van der Waals surface area contributed by atoms with Gasteiger partial charge in [-0.3, -0.25) is 11.3 Å². The molecule has 0 amide bonds. The Morgan fingerprint density at radius 3 is 2.90 bits per heavy atom. The minimum absolute atomic E-state index is 0.176. The highest BCUT2D eigenvalue weighted by molar-refractivity contribution is 7.91. The topological polar surface area (TPSA) is 72.2 Å². The molecule has 0 bridgehead atoms. The third-order valence-electron chi connectivity index (χ3n) is 4.57. The second kappa shape index (κ2) is 7.72. The Bertz CT molecular complexity index is 514. The summed E-state index contributed by atoms with van der Waals surface area (Å²) in [6.07, 6.45) is 8.19. The van der Waals surface area contributed by atoms with Gasteiger partial charge in [0.15, 0.2) is 0 Å². The van der Waals surface area contributed by atoms with E-state index >= 15 is 0 Å². The summed E-state index contributed by atoms with van der Waals surface area (Å²) in [5.41, 5.74) is 2.93. The monoisotopic (exact) mass is 330 g/mol. The van der Waals surface area contributed by atoms with Crippen LogP contribution < -0.4 is 11.3 Å². The third kappa shape index (κ3) is 5.06. The summed E-state index contributed by atoms with van der Waals surface area (Å²) in [4.78, 5) is 1.41. The Balaban J connectivity index is 1.85. The van der Waals surface area contributed by atoms with Crippen LogP contribution in [0, 0.1) is 5.92 Å². The molecule has 21 heavy (non-hydrogen) atoms. The van der Waals surface area contributed by atoms with Crippen LogP contribution in [0.1, 0.15) is 43.4 Å². The standard InChI is InChI=1S/C15H26N2O2S2/c1-21(18,19)14-8-2-5-12(11-14)15(17-16)9-3-6-13-7-4-10-20-13/h4,7,10,12,14-15,17H,2-3,5-6,8-9,11,16H2,1H3. The first-order valence-electron chi connectivity index (χ1n) is 7.68. The second-order valence-corrected chi connectivity index (χ2v) is 9.48. The van der Waals surface area contributed by atoms with E-state index in [2.05, 4.69) is 22.9 Å². The smallest absolute Gasteiger partial charge is 0.150 e. The summed E-state index contributed by atoms with van der Waals surface area (Å²) in [7, 11) is -2.92. The molecule has 1 aliphatic carbocycles. The van der Waals surface area contributed by atoms with E-state index in [-0.39, 0.29) is 11.3 Å². The first-order valence-corrected chi connectivity index (χ1v) is 10.5. The number of aryl methyl sites for hydroxylation is 1. The molecule has 3 unspecified atom stereocenters.